The number of benzene rings is 1. The molecule has 4 nitrogen and oxygen atoms in total. The van der Waals surface area contributed by atoms with E-state index in [1.54, 1.807) is 0 Å². The van der Waals surface area contributed by atoms with E-state index in [0.717, 1.165) is 37.1 Å². The summed E-state index contributed by atoms with van der Waals surface area (Å²) in [6.07, 6.45) is 16.2. The van der Waals surface area contributed by atoms with E-state index in [0.29, 0.717) is 11.7 Å². The van der Waals surface area contributed by atoms with E-state index in [-0.39, 0.29) is 16.9 Å². The van der Waals surface area contributed by atoms with Crippen LogP contribution in [0.5, 0.6) is 11.5 Å². The molecule has 0 bridgehead atoms. The van der Waals surface area contributed by atoms with E-state index < -0.39 is 0 Å². The van der Waals surface area contributed by atoms with Gasteiger partial charge in [-0.2, -0.15) is 0 Å². The molecule has 2 unspecified atom stereocenters. The van der Waals surface area contributed by atoms with Crippen LogP contribution in [0, 0.1) is 5.92 Å². The molecule has 1 aromatic carbocycles. The molecule has 174 valence electrons. The van der Waals surface area contributed by atoms with Crippen LogP contribution in [0.15, 0.2) is 42.5 Å². The molecular weight excluding hydrogens is 396 g/mol. The molecule has 0 spiro atoms. The molecular formula is C28H40N2O2. The number of hydrogen-bond donors (Lipinski definition) is 1. The van der Waals surface area contributed by atoms with E-state index in [1.807, 2.05) is 24.8 Å². The van der Waals surface area contributed by atoms with Crippen molar-refractivity contribution in [3.8, 4) is 11.5 Å². The summed E-state index contributed by atoms with van der Waals surface area (Å²) in [4.78, 5) is 4.18. The predicted molar refractivity (Wildman–Crippen MR) is 130 cm³/mol. The van der Waals surface area contributed by atoms with Crippen molar-refractivity contribution in [3.05, 3.63) is 53.6 Å². The van der Waals surface area contributed by atoms with E-state index in [2.05, 4.69) is 56.3 Å². The Balaban J connectivity index is 1.62. The summed E-state index contributed by atoms with van der Waals surface area (Å²) in [5.74, 6) is 1.93. The second-order valence-electron chi connectivity index (χ2n) is 11.1. The Morgan fingerprint density at radius 3 is 2.75 bits per heavy atom. The Kier molecular flexibility index (Phi) is 6.42. The standard InChI is InChI=1S/C28H40N2O2/c1-6-7-8-9-12-27(2,3)21-16-24(31)26-22-15-20(18-30-14-13-29-19-30)10-11-23(22)28(4,5)32-25(26)17-21/h10,13-14,16-17,19,22-23,31H,6-9,11-12,15,18H2,1-5H3. The molecule has 1 N–H and O–H groups in total. The molecule has 4 rings (SSSR count). The van der Waals surface area contributed by atoms with Crippen LogP contribution in [0.4, 0.5) is 0 Å². The highest BCUT2D eigenvalue weighted by atomic mass is 16.5. The highest BCUT2D eigenvalue weighted by molar-refractivity contribution is 5.54. The van der Waals surface area contributed by atoms with Crippen molar-refractivity contribution in [1.82, 2.24) is 9.55 Å². The molecule has 0 saturated heterocycles. The van der Waals surface area contributed by atoms with E-state index >= 15 is 0 Å². The van der Waals surface area contributed by atoms with Gasteiger partial charge < -0.3 is 14.4 Å². The lowest BCUT2D eigenvalue weighted by Crippen LogP contribution is -2.45. The van der Waals surface area contributed by atoms with E-state index in [1.165, 1.54) is 36.8 Å². The first-order valence-electron chi connectivity index (χ1n) is 12.4. The van der Waals surface area contributed by atoms with Crippen LogP contribution < -0.4 is 4.74 Å². The van der Waals surface area contributed by atoms with Crippen molar-refractivity contribution in [2.24, 2.45) is 5.92 Å². The van der Waals surface area contributed by atoms with Gasteiger partial charge in [-0.15, -0.1) is 0 Å². The number of hydrogen-bond acceptors (Lipinski definition) is 3. The number of aromatic hydroxyl groups is 1. The minimum Gasteiger partial charge on any atom is -0.508 e. The number of nitrogens with zero attached hydrogens (tertiary/aromatic N) is 2. The number of imidazole rings is 1. The summed E-state index contributed by atoms with van der Waals surface area (Å²) in [6, 6.07) is 4.24. The molecule has 32 heavy (non-hydrogen) atoms. The summed E-state index contributed by atoms with van der Waals surface area (Å²) < 4.78 is 8.71. The van der Waals surface area contributed by atoms with Crippen LogP contribution >= 0.6 is 0 Å². The maximum absolute atomic E-state index is 11.2. The Morgan fingerprint density at radius 2 is 2.03 bits per heavy atom. The summed E-state index contributed by atoms with van der Waals surface area (Å²) in [5.41, 5.74) is 3.36. The number of phenols is 1. The van der Waals surface area contributed by atoms with Crippen LogP contribution in [-0.4, -0.2) is 20.3 Å². The van der Waals surface area contributed by atoms with Crippen molar-refractivity contribution < 1.29 is 9.84 Å². The summed E-state index contributed by atoms with van der Waals surface area (Å²) >= 11 is 0. The average molecular weight is 437 g/mol. The molecule has 2 atom stereocenters. The first-order valence-corrected chi connectivity index (χ1v) is 12.4. The SMILES string of the molecule is CCCCCCC(C)(C)c1cc(O)c2c(c1)OC(C)(C)C1CC=C(Cn3ccnc3)CC21. The minimum atomic E-state index is -0.259. The van der Waals surface area contributed by atoms with Gasteiger partial charge in [0, 0.05) is 36.3 Å². The van der Waals surface area contributed by atoms with Crippen molar-refractivity contribution in [1.29, 1.82) is 0 Å². The van der Waals surface area contributed by atoms with Gasteiger partial charge in [0.15, 0.2) is 0 Å². The van der Waals surface area contributed by atoms with Gasteiger partial charge in [-0.3, -0.25) is 0 Å². The number of phenolic OH excluding ortho intramolecular Hbond substituents is 1. The third-order valence-electron chi connectivity index (χ3n) is 7.77. The smallest absolute Gasteiger partial charge is 0.127 e. The zero-order valence-electron chi connectivity index (χ0n) is 20.5. The zero-order valence-corrected chi connectivity index (χ0v) is 20.5. The highest BCUT2D eigenvalue weighted by Gasteiger charge is 2.46. The van der Waals surface area contributed by atoms with Gasteiger partial charge in [0.2, 0.25) is 0 Å². The normalized spacial score (nSPS) is 22.0. The first-order chi connectivity index (χ1) is 15.2. The number of fused-ring (bicyclic) bond motifs is 3. The number of rotatable bonds is 8. The maximum atomic E-state index is 11.2. The largest absolute Gasteiger partial charge is 0.508 e. The minimum absolute atomic E-state index is 0.0175. The fourth-order valence-electron chi connectivity index (χ4n) is 5.74. The van der Waals surface area contributed by atoms with E-state index in [9.17, 15) is 5.11 Å². The molecule has 4 heteroatoms. The Morgan fingerprint density at radius 1 is 1.22 bits per heavy atom. The highest BCUT2D eigenvalue weighted by Crippen LogP contribution is 2.55. The van der Waals surface area contributed by atoms with Crippen LogP contribution in [-0.2, 0) is 12.0 Å². The van der Waals surface area contributed by atoms with Crippen molar-refractivity contribution in [3.63, 3.8) is 0 Å². The molecule has 2 aromatic rings. The Labute approximate surface area is 193 Å². The van der Waals surface area contributed by atoms with Crippen molar-refractivity contribution in [2.75, 3.05) is 0 Å². The van der Waals surface area contributed by atoms with Crippen molar-refractivity contribution in [2.45, 2.75) is 103 Å². The van der Waals surface area contributed by atoms with Crippen molar-refractivity contribution >= 4 is 0 Å². The van der Waals surface area contributed by atoms with Gasteiger partial charge in [-0.25, -0.2) is 4.98 Å². The molecule has 0 saturated carbocycles. The molecule has 0 amide bonds. The average Bonchev–Trinajstić information content (AvgIpc) is 3.23. The molecule has 2 heterocycles. The fraction of sp³-hybridized carbons (Fsp3) is 0.607. The van der Waals surface area contributed by atoms with Crippen LogP contribution in [0.2, 0.25) is 0 Å². The number of aromatic nitrogens is 2. The Hall–Kier alpha value is -2.23. The van der Waals surface area contributed by atoms with E-state index in [4.69, 9.17) is 4.74 Å². The van der Waals surface area contributed by atoms with Crippen LogP contribution in [0.1, 0.15) is 96.6 Å². The monoisotopic (exact) mass is 436 g/mol. The lowest BCUT2D eigenvalue weighted by Gasteiger charge is -2.47. The second kappa shape index (κ2) is 8.96. The molecule has 2 aliphatic rings. The van der Waals surface area contributed by atoms with Crippen LogP contribution in [0.3, 0.4) is 0 Å². The molecule has 0 radical (unpaired) electrons. The summed E-state index contributed by atoms with van der Waals surface area (Å²) in [6.45, 7) is 12.1. The number of ether oxygens (including phenoxy) is 1. The third kappa shape index (κ3) is 4.60. The van der Waals surface area contributed by atoms with Crippen LogP contribution in [0.25, 0.3) is 0 Å². The molecule has 0 fully saturated rings. The quantitative estimate of drug-likeness (QED) is 0.354. The number of allylic oxidation sites excluding steroid dienone is 2. The fourth-order valence-corrected chi connectivity index (χ4v) is 5.74. The molecule has 1 aliphatic carbocycles. The topological polar surface area (TPSA) is 47.3 Å². The lowest BCUT2D eigenvalue weighted by atomic mass is 9.66. The van der Waals surface area contributed by atoms with Gasteiger partial charge in [0.1, 0.15) is 17.1 Å². The first kappa shape index (κ1) is 22.9. The lowest BCUT2D eigenvalue weighted by molar-refractivity contribution is 0.00707. The van der Waals surface area contributed by atoms with Gasteiger partial charge in [-0.05, 0) is 56.2 Å². The molecule has 1 aliphatic heterocycles. The third-order valence-corrected chi connectivity index (χ3v) is 7.77. The second-order valence-corrected chi connectivity index (χ2v) is 11.1. The maximum Gasteiger partial charge on any atom is 0.127 e. The molecule has 1 aromatic heterocycles. The number of unbranched alkanes of at least 4 members (excludes halogenated alkanes) is 3. The summed E-state index contributed by atoms with van der Waals surface area (Å²) in [7, 11) is 0. The predicted octanol–water partition coefficient (Wildman–Crippen LogP) is 7.13. The van der Waals surface area contributed by atoms with Gasteiger partial charge in [0.05, 0.1) is 6.33 Å². The summed E-state index contributed by atoms with van der Waals surface area (Å²) in [5, 5.41) is 11.2. The zero-order chi connectivity index (χ0) is 22.9. The Bertz CT molecular complexity index is 956. The van der Waals surface area contributed by atoms with Gasteiger partial charge in [0.25, 0.3) is 0 Å². The van der Waals surface area contributed by atoms with Gasteiger partial charge >= 0.3 is 0 Å². The van der Waals surface area contributed by atoms with Gasteiger partial charge in [-0.1, -0.05) is 58.1 Å².